The fourth-order valence-electron chi connectivity index (χ4n) is 1.72. The SMILES string of the molecule is Cc1ccc(NC(=O)COC(=O)c2cc(F)c(Cl)cc2Cl)cc1. The maximum Gasteiger partial charge on any atom is 0.340 e. The number of rotatable bonds is 4. The normalized spacial score (nSPS) is 10.3. The maximum atomic E-state index is 13.4. The molecule has 120 valence electrons. The van der Waals surface area contributed by atoms with Crippen LogP contribution in [0.1, 0.15) is 15.9 Å². The number of aryl methyl sites for hydroxylation is 1. The Morgan fingerprint density at radius 1 is 1.13 bits per heavy atom. The van der Waals surface area contributed by atoms with Crippen LogP contribution in [0.5, 0.6) is 0 Å². The van der Waals surface area contributed by atoms with Crippen molar-refractivity contribution in [1.29, 1.82) is 0 Å². The summed E-state index contributed by atoms with van der Waals surface area (Å²) in [6.45, 7) is 1.40. The van der Waals surface area contributed by atoms with Crippen molar-refractivity contribution < 1.29 is 18.7 Å². The van der Waals surface area contributed by atoms with Gasteiger partial charge in [0.15, 0.2) is 6.61 Å². The van der Waals surface area contributed by atoms with E-state index in [2.05, 4.69) is 5.32 Å². The second-order valence-corrected chi connectivity index (χ2v) is 5.55. The predicted molar refractivity (Wildman–Crippen MR) is 86.5 cm³/mol. The van der Waals surface area contributed by atoms with Gasteiger partial charge >= 0.3 is 5.97 Å². The molecule has 0 atom stereocenters. The van der Waals surface area contributed by atoms with Gasteiger partial charge in [-0.3, -0.25) is 4.79 Å². The average molecular weight is 356 g/mol. The Labute approximate surface area is 142 Å². The van der Waals surface area contributed by atoms with Gasteiger partial charge in [0, 0.05) is 5.69 Å². The largest absolute Gasteiger partial charge is 0.452 e. The molecule has 0 spiro atoms. The molecule has 0 aliphatic heterocycles. The van der Waals surface area contributed by atoms with Gasteiger partial charge in [0.2, 0.25) is 0 Å². The van der Waals surface area contributed by atoms with Crippen LogP contribution in [-0.4, -0.2) is 18.5 Å². The number of carbonyl (C=O) groups is 2. The lowest BCUT2D eigenvalue weighted by Gasteiger charge is -2.08. The monoisotopic (exact) mass is 355 g/mol. The lowest BCUT2D eigenvalue weighted by Crippen LogP contribution is -2.21. The highest BCUT2D eigenvalue weighted by atomic mass is 35.5. The topological polar surface area (TPSA) is 55.4 Å². The third-order valence-electron chi connectivity index (χ3n) is 2.90. The summed E-state index contributed by atoms with van der Waals surface area (Å²) in [5, 5.41) is 2.31. The molecular weight excluding hydrogens is 344 g/mol. The molecule has 7 heteroatoms. The highest BCUT2D eigenvalue weighted by Crippen LogP contribution is 2.24. The number of benzene rings is 2. The molecule has 0 aromatic heterocycles. The number of esters is 1. The van der Waals surface area contributed by atoms with Crippen molar-refractivity contribution in [2.45, 2.75) is 6.92 Å². The fraction of sp³-hybridized carbons (Fsp3) is 0.125. The summed E-state index contributed by atoms with van der Waals surface area (Å²) < 4.78 is 18.2. The van der Waals surface area contributed by atoms with Gasteiger partial charge in [-0.15, -0.1) is 0 Å². The fourth-order valence-corrected chi connectivity index (χ4v) is 2.18. The Kier molecular flexibility index (Phi) is 5.58. The molecule has 23 heavy (non-hydrogen) atoms. The Morgan fingerprint density at radius 3 is 2.43 bits per heavy atom. The van der Waals surface area contributed by atoms with Crippen molar-refractivity contribution >= 4 is 40.8 Å². The summed E-state index contributed by atoms with van der Waals surface area (Å²) in [5.74, 6) is -2.23. The molecule has 0 bridgehead atoms. The van der Waals surface area contributed by atoms with Crippen LogP contribution in [-0.2, 0) is 9.53 Å². The zero-order valence-electron chi connectivity index (χ0n) is 12.0. The highest BCUT2D eigenvalue weighted by molar-refractivity contribution is 6.36. The molecule has 2 rings (SSSR count). The van der Waals surface area contributed by atoms with Crippen molar-refractivity contribution in [3.8, 4) is 0 Å². The molecule has 4 nitrogen and oxygen atoms in total. The summed E-state index contributed by atoms with van der Waals surface area (Å²) in [7, 11) is 0. The number of anilines is 1. The average Bonchev–Trinajstić information content (AvgIpc) is 2.51. The van der Waals surface area contributed by atoms with E-state index >= 15 is 0 Å². The van der Waals surface area contributed by atoms with E-state index in [0.717, 1.165) is 17.7 Å². The van der Waals surface area contributed by atoms with Gasteiger partial charge in [-0.1, -0.05) is 40.9 Å². The molecule has 0 saturated carbocycles. The Bertz CT molecular complexity index is 748. The number of nitrogens with one attached hydrogen (secondary N) is 1. The van der Waals surface area contributed by atoms with Crippen molar-refractivity contribution in [2.75, 3.05) is 11.9 Å². The second-order valence-electron chi connectivity index (χ2n) is 4.74. The van der Waals surface area contributed by atoms with Crippen LogP contribution in [0.2, 0.25) is 10.0 Å². The number of halogens is 3. The second kappa shape index (κ2) is 7.44. The summed E-state index contributed by atoms with van der Waals surface area (Å²) >= 11 is 11.3. The molecule has 0 saturated heterocycles. The smallest absolute Gasteiger partial charge is 0.340 e. The first-order chi connectivity index (χ1) is 10.9. The van der Waals surface area contributed by atoms with Crippen molar-refractivity contribution in [2.24, 2.45) is 0 Å². The number of amides is 1. The zero-order valence-corrected chi connectivity index (χ0v) is 13.5. The minimum Gasteiger partial charge on any atom is -0.452 e. The summed E-state index contributed by atoms with van der Waals surface area (Å²) in [5.41, 5.74) is 1.43. The summed E-state index contributed by atoms with van der Waals surface area (Å²) in [6, 6.07) is 9.07. The standard InChI is InChI=1S/C16H12Cl2FNO3/c1-9-2-4-10(5-3-9)20-15(21)8-23-16(22)11-6-14(19)13(18)7-12(11)17/h2-7H,8H2,1H3,(H,20,21). The molecule has 0 aliphatic rings. The predicted octanol–water partition coefficient (Wildman–Crippen LogP) is 4.24. The lowest BCUT2D eigenvalue weighted by molar-refractivity contribution is -0.119. The van der Waals surface area contributed by atoms with Crippen molar-refractivity contribution in [1.82, 2.24) is 0 Å². The van der Waals surface area contributed by atoms with Gasteiger partial charge < -0.3 is 10.1 Å². The third-order valence-corrected chi connectivity index (χ3v) is 3.50. The van der Waals surface area contributed by atoms with Crippen LogP contribution in [0.25, 0.3) is 0 Å². The van der Waals surface area contributed by atoms with E-state index in [1.165, 1.54) is 0 Å². The minimum absolute atomic E-state index is 0.0552. The van der Waals surface area contributed by atoms with Gasteiger partial charge in [0.25, 0.3) is 5.91 Å². The molecule has 0 unspecified atom stereocenters. The Morgan fingerprint density at radius 2 is 1.78 bits per heavy atom. The van der Waals surface area contributed by atoms with E-state index in [4.69, 9.17) is 27.9 Å². The molecule has 1 amide bonds. The molecule has 0 fully saturated rings. The van der Waals surface area contributed by atoms with Crippen molar-refractivity contribution in [3.63, 3.8) is 0 Å². The number of hydrogen-bond acceptors (Lipinski definition) is 3. The molecule has 0 radical (unpaired) electrons. The van der Waals surface area contributed by atoms with E-state index in [0.29, 0.717) is 5.69 Å². The van der Waals surface area contributed by atoms with Crippen LogP contribution < -0.4 is 5.32 Å². The minimum atomic E-state index is -0.912. The first-order valence-electron chi connectivity index (χ1n) is 6.55. The molecule has 2 aromatic rings. The van der Waals surface area contributed by atoms with E-state index in [1.54, 1.807) is 12.1 Å². The molecule has 2 aromatic carbocycles. The van der Waals surface area contributed by atoms with E-state index in [-0.39, 0.29) is 15.6 Å². The first-order valence-corrected chi connectivity index (χ1v) is 7.30. The third kappa shape index (κ3) is 4.68. The van der Waals surface area contributed by atoms with Crippen LogP contribution in [0.4, 0.5) is 10.1 Å². The first kappa shape index (κ1) is 17.2. The maximum absolute atomic E-state index is 13.4. The Balaban J connectivity index is 1.95. The van der Waals surface area contributed by atoms with Crippen LogP contribution >= 0.6 is 23.2 Å². The number of carbonyl (C=O) groups excluding carboxylic acids is 2. The van der Waals surface area contributed by atoms with Gasteiger partial charge in [0.05, 0.1) is 15.6 Å². The number of ether oxygens (including phenoxy) is 1. The van der Waals surface area contributed by atoms with E-state index in [1.807, 2.05) is 19.1 Å². The number of hydrogen-bond donors (Lipinski definition) is 1. The van der Waals surface area contributed by atoms with Crippen molar-refractivity contribution in [3.05, 3.63) is 63.4 Å². The summed E-state index contributed by atoms with van der Waals surface area (Å²) in [6.07, 6.45) is 0. The van der Waals surface area contributed by atoms with Crippen LogP contribution in [0, 0.1) is 12.7 Å². The summed E-state index contributed by atoms with van der Waals surface area (Å²) in [4.78, 5) is 23.6. The van der Waals surface area contributed by atoms with E-state index < -0.39 is 24.3 Å². The van der Waals surface area contributed by atoms with Crippen LogP contribution in [0.3, 0.4) is 0 Å². The van der Waals surface area contributed by atoms with Gasteiger partial charge in [-0.25, -0.2) is 9.18 Å². The highest BCUT2D eigenvalue weighted by Gasteiger charge is 2.16. The molecular formula is C16H12Cl2FNO3. The molecule has 1 N–H and O–H groups in total. The van der Waals surface area contributed by atoms with Crippen LogP contribution in [0.15, 0.2) is 36.4 Å². The molecule has 0 heterocycles. The van der Waals surface area contributed by atoms with Gasteiger partial charge in [0.1, 0.15) is 5.82 Å². The lowest BCUT2D eigenvalue weighted by atomic mass is 10.2. The van der Waals surface area contributed by atoms with Gasteiger partial charge in [-0.05, 0) is 31.2 Å². The Hall–Kier alpha value is -2.11. The van der Waals surface area contributed by atoms with E-state index in [9.17, 15) is 14.0 Å². The molecule has 0 aliphatic carbocycles. The quantitative estimate of drug-likeness (QED) is 0.659. The zero-order chi connectivity index (χ0) is 17.0. The van der Waals surface area contributed by atoms with Gasteiger partial charge in [-0.2, -0.15) is 0 Å².